The zero-order valence-corrected chi connectivity index (χ0v) is 20.3. The van der Waals surface area contributed by atoms with E-state index in [1.807, 2.05) is 6.07 Å². The smallest absolute Gasteiger partial charge is 0.209 e. The molecule has 2 atom stereocenters. The van der Waals surface area contributed by atoms with Crippen LogP contribution in [0.5, 0.6) is 0 Å². The molecule has 0 bridgehead atoms. The molecule has 2 aromatic rings. The van der Waals surface area contributed by atoms with Gasteiger partial charge in [-0.3, -0.25) is 4.90 Å². The summed E-state index contributed by atoms with van der Waals surface area (Å²) in [5.74, 6) is 0.626. The average Bonchev–Trinajstić information content (AvgIpc) is 3.53. The first kappa shape index (κ1) is 23.0. The number of hydrogen-bond acceptors (Lipinski definition) is 4. The SMILES string of the molecule is CS(=O)(=O)N[C@@H]1CC2(CC2)N(Cc2ccccc2)[C@@H]1CO[C@H]1CC[C@@H](c2ccccc2)CC1. The maximum atomic E-state index is 12.1. The lowest BCUT2D eigenvalue weighted by atomic mass is 9.83. The van der Waals surface area contributed by atoms with Crippen molar-refractivity contribution in [2.24, 2.45) is 0 Å². The van der Waals surface area contributed by atoms with Gasteiger partial charge in [0.1, 0.15) is 0 Å². The molecule has 0 unspecified atom stereocenters. The van der Waals surface area contributed by atoms with Crippen molar-refractivity contribution in [3.8, 4) is 0 Å². The van der Waals surface area contributed by atoms with Gasteiger partial charge < -0.3 is 4.74 Å². The van der Waals surface area contributed by atoms with E-state index in [4.69, 9.17) is 4.74 Å². The topological polar surface area (TPSA) is 58.6 Å². The van der Waals surface area contributed by atoms with Gasteiger partial charge in [0.2, 0.25) is 10.0 Å². The highest BCUT2D eigenvalue weighted by Gasteiger charge is 2.58. The van der Waals surface area contributed by atoms with Gasteiger partial charge >= 0.3 is 0 Å². The van der Waals surface area contributed by atoms with Crippen molar-refractivity contribution >= 4 is 10.0 Å². The zero-order chi connectivity index (χ0) is 22.9. The van der Waals surface area contributed by atoms with Crippen molar-refractivity contribution in [3.05, 3.63) is 71.8 Å². The maximum Gasteiger partial charge on any atom is 0.209 e. The van der Waals surface area contributed by atoms with Crippen LogP contribution in [0.4, 0.5) is 0 Å². The Labute approximate surface area is 198 Å². The molecule has 1 spiro atoms. The number of nitrogens with one attached hydrogen (secondary N) is 1. The lowest BCUT2D eigenvalue weighted by Gasteiger charge is -2.34. The Morgan fingerprint density at radius 2 is 1.61 bits per heavy atom. The molecule has 1 N–H and O–H groups in total. The largest absolute Gasteiger partial charge is 0.377 e. The third-order valence-corrected chi connectivity index (χ3v) is 8.64. The first-order chi connectivity index (χ1) is 15.9. The van der Waals surface area contributed by atoms with Crippen molar-refractivity contribution in [3.63, 3.8) is 0 Å². The highest BCUT2D eigenvalue weighted by Crippen LogP contribution is 2.52. The van der Waals surface area contributed by atoms with Crippen molar-refractivity contribution in [1.29, 1.82) is 0 Å². The van der Waals surface area contributed by atoms with E-state index < -0.39 is 10.0 Å². The van der Waals surface area contributed by atoms with Crippen molar-refractivity contribution in [2.45, 2.75) is 81.1 Å². The quantitative estimate of drug-likeness (QED) is 0.622. The summed E-state index contributed by atoms with van der Waals surface area (Å²) in [5, 5.41) is 0. The van der Waals surface area contributed by atoms with E-state index in [2.05, 4.69) is 64.2 Å². The highest BCUT2D eigenvalue weighted by atomic mass is 32.2. The first-order valence-corrected chi connectivity index (χ1v) is 14.3. The predicted octanol–water partition coefficient (Wildman–Crippen LogP) is 4.45. The van der Waals surface area contributed by atoms with E-state index in [-0.39, 0.29) is 23.7 Å². The molecule has 0 radical (unpaired) electrons. The molecule has 5 nitrogen and oxygen atoms in total. The third kappa shape index (κ3) is 5.51. The summed E-state index contributed by atoms with van der Waals surface area (Å²) >= 11 is 0. The van der Waals surface area contributed by atoms with E-state index in [9.17, 15) is 8.42 Å². The van der Waals surface area contributed by atoms with Crippen LogP contribution in [-0.2, 0) is 21.3 Å². The van der Waals surface area contributed by atoms with Crippen molar-refractivity contribution < 1.29 is 13.2 Å². The minimum absolute atomic E-state index is 0.0641. The Morgan fingerprint density at radius 1 is 0.970 bits per heavy atom. The van der Waals surface area contributed by atoms with E-state index in [0.29, 0.717) is 12.5 Å². The van der Waals surface area contributed by atoms with Gasteiger partial charge in [-0.2, -0.15) is 0 Å². The van der Waals surface area contributed by atoms with E-state index in [1.165, 1.54) is 17.4 Å². The molecule has 2 aromatic carbocycles. The molecule has 3 aliphatic rings. The minimum atomic E-state index is -3.27. The Morgan fingerprint density at radius 3 is 2.21 bits per heavy atom. The molecule has 3 fully saturated rings. The van der Waals surface area contributed by atoms with Crippen LogP contribution in [0.3, 0.4) is 0 Å². The molecule has 178 valence electrons. The van der Waals surface area contributed by atoms with Crippen LogP contribution in [0.2, 0.25) is 0 Å². The Bertz CT molecular complexity index is 1020. The summed E-state index contributed by atoms with van der Waals surface area (Å²) in [6.45, 7) is 1.43. The summed E-state index contributed by atoms with van der Waals surface area (Å²) in [6.07, 6.45) is 9.14. The number of rotatable bonds is 8. The second-order valence-corrected chi connectivity index (χ2v) is 12.1. The molecule has 1 aliphatic heterocycles. The Hall–Kier alpha value is -1.73. The number of hydrogen-bond donors (Lipinski definition) is 1. The van der Waals surface area contributed by atoms with Crippen LogP contribution in [0.25, 0.3) is 0 Å². The number of ether oxygens (including phenoxy) is 1. The van der Waals surface area contributed by atoms with E-state index in [1.54, 1.807) is 0 Å². The fourth-order valence-corrected chi connectivity index (χ4v) is 6.85. The average molecular weight is 469 g/mol. The predicted molar refractivity (Wildman–Crippen MR) is 132 cm³/mol. The second kappa shape index (κ2) is 9.49. The van der Waals surface area contributed by atoms with Crippen molar-refractivity contribution in [1.82, 2.24) is 9.62 Å². The Balaban J connectivity index is 1.25. The fourth-order valence-electron chi connectivity index (χ4n) is 6.06. The van der Waals surface area contributed by atoms with Crippen LogP contribution in [-0.4, -0.2) is 49.9 Å². The second-order valence-electron chi connectivity index (χ2n) is 10.3. The van der Waals surface area contributed by atoms with Gasteiger partial charge in [-0.05, 0) is 62.0 Å². The Kier molecular flexibility index (Phi) is 6.62. The van der Waals surface area contributed by atoms with Gasteiger partial charge in [-0.15, -0.1) is 0 Å². The van der Waals surface area contributed by atoms with Gasteiger partial charge in [0.15, 0.2) is 0 Å². The summed E-state index contributed by atoms with van der Waals surface area (Å²) in [7, 11) is -3.27. The molecule has 0 aromatic heterocycles. The van der Waals surface area contributed by atoms with Crippen molar-refractivity contribution in [2.75, 3.05) is 12.9 Å². The monoisotopic (exact) mass is 468 g/mol. The first-order valence-electron chi connectivity index (χ1n) is 12.4. The highest BCUT2D eigenvalue weighted by molar-refractivity contribution is 7.88. The summed E-state index contributed by atoms with van der Waals surface area (Å²) in [4.78, 5) is 2.54. The standard InChI is InChI=1S/C27H36N2O3S/c1-33(30,31)28-25-18-27(16-17-27)29(19-21-8-4-2-5-9-21)26(25)20-32-24-14-12-23(13-15-24)22-10-6-3-7-11-22/h2-11,23-26,28H,12-20H2,1H3/t23-,24+,25-,26-/m1/s1. The van der Waals surface area contributed by atoms with Gasteiger partial charge in [-0.25, -0.2) is 13.1 Å². The lowest BCUT2D eigenvalue weighted by molar-refractivity contribution is -0.0141. The van der Waals surface area contributed by atoms with Crippen LogP contribution in [0.1, 0.15) is 62.0 Å². The van der Waals surface area contributed by atoms with Crippen LogP contribution in [0, 0.1) is 0 Å². The zero-order valence-electron chi connectivity index (χ0n) is 19.5. The number of benzene rings is 2. The van der Waals surface area contributed by atoms with E-state index in [0.717, 1.165) is 51.5 Å². The minimum Gasteiger partial charge on any atom is -0.377 e. The molecule has 6 heteroatoms. The molecule has 0 amide bonds. The lowest BCUT2D eigenvalue weighted by Crippen LogP contribution is -2.48. The third-order valence-electron chi connectivity index (χ3n) is 7.91. The number of nitrogens with zero attached hydrogens (tertiary/aromatic N) is 1. The molecule has 2 saturated carbocycles. The summed E-state index contributed by atoms with van der Waals surface area (Å²) < 4.78 is 33.7. The van der Waals surface area contributed by atoms with Gasteiger partial charge in [0, 0.05) is 18.1 Å². The van der Waals surface area contributed by atoms with Crippen LogP contribution >= 0.6 is 0 Å². The molecule has 1 heterocycles. The van der Waals surface area contributed by atoms with Gasteiger partial charge in [-0.1, -0.05) is 60.7 Å². The van der Waals surface area contributed by atoms with Crippen LogP contribution < -0.4 is 4.72 Å². The molecule has 33 heavy (non-hydrogen) atoms. The fraction of sp³-hybridized carbons (Fsp3) is 0.556. The molecule has 2 aliphatic carbocycles. The van der Waals surface area contributed by atoms with Gasteiger partial charge in [0.25, 0.3) is 0 Å². The maximum absolute atomic E-state index is 12.1. The van der Waals surface area contributed by atoms with Gasteiger partial charge in [0.05, 0.1) is 25.0 Å². The number of likely N-dealkylation sites (tertiary alicyclic amines) is 1. The molecule has 5 rings (SSSR count). The number of sulfonamides is 1. The molecule has 1 saturated heterocycles. The molecular weight excluding hydrogens is 432 g/mol. The van der Waals surface area contributed by atoms with Crippen LogP contribution in [0.15, 0.2) is 60.7 Å². The molecular formula is C27H36N2O3S. The summed E-state index contributed by atoms with van der Waals surface area (Å²) in [6, 6.07) is 21.3. The van der Waals surface area contributed by atoms with E-state index >= 15 is 0 Å². The summed E-state index contributed by atoms with van der Waals surface area (Å²) in [5.41, 5.74) is 2.84. The normalized spacial score (nSPS) is 29.4.